The quantitative estimate of drug-likeness (QED) is 0.793. The van der Waals surface area contributed by atoms with Crippen molar-refractivity contribution in [2.45, 2.75) is 6.92 Å². The van der Waals surface area contributed by atoms with Crippen molar-refractivity contribution in [1.82, 2.24) is 4.90 Å². The number of hydrogen-bond acceptors (Lipinski definition) is 2. The normalized spacial score (nSPS) is 10.6. The van der Waals surface area contributed by atoms with Crippen LogP contribution in [0.4, 0.5) is 10.1 Å². The highest BCUT2D eigenvalue weighted by molar-refractivity contribution is 5.45. The Kier molecular flexibility index (Phi) is 3.89. The van der Waals surface area contributed by atoms with Crippen molar-refractivity contribution in [3.63, 3.8) is 0 Å². The lowest BCUT2D eigenvalue weighted by Crippen LogP contribution is -2.20. The molecule has 0 unspecified atom stereocenters. The van der Waals surface area contributed by atoms with Gasteiger partial charge in [0.25, 0.3) is 0 Å². The molecule has 0 radical (unpaired) electrons. The SMILES string of the molecule is Cc1cc(F)cc(NCCN(C)C)c1. The van der Waals surface area contributed by atoms with Crippen LogP contribution < -0.4 is 5.32 Å². The number of rotatable bonds is 4. The minimum Gasteiger partial charge on any atom is -0.384 e. The second-order valence-corrected chi connectivity index (χ2v) is 3.75. The summed E-state index contributed by atoms with van der Waals surface area (Å²) in [7, 11) is 4.02. The molecule has 1 N–H and O–H groups in total. The molecule has 1 aromatic carbocycles. The van der Waals surface area contributed by atoms with Crippen LogP contribution in [0.25, 0.3) is 0 Å². The van der Waals surface area contributed by atoms with Crippen LogP contribution >= 0.6 is 0 Å². The highest BCUT2D eigenvalue weighted by Crippen LogP contribution is 2.12. The molecule has 0 fully saturated rings. The van der Waals surface area contributed by atoms with E-state index in [9.17, 15) is 4.39 Å². The lowest BCUT2D eigenvalue weighted by atomic mass is 10.2. The van der Waals surface area contributed by atoms with E-state index in [1.807, 2.05) is 27.1 Å². The molecule has 0 atom stereocenters. The van der Waals surface area contributed by atoms with E-state index in [0.717, 1.165) is 24.3 Å². The van der Waals surface area contributed by atoms with Gasteiger partial charge in [-0.3, -0.25) is 0 Å². The maximum absolute atomic E-state index is 13.0. The Morgan fingerprint density at radius 1 is 1.29 bits per heavy atom. The molecule has 1 aromatic rings. The molecule has 0 heterocycles. The van der Waals surface area contributed by atoms with Crippen molar-refractivity contribution >= 4 is 5.69 Å². The summed E-state index contributed by atoms with van der Waals surface area (Å²) in [6.45, 7) is 3.66. The summed E-state index contributed by atoms with van der Waals surface area (Å²) in [5, 5.41) is 3.18. The van der Waals surface area contributed by atoms with E-state index < -0.39 is 0 Å². The Bertz CT molecular complexity index is 277. The summed E-state index contributed by atoms with van der Waals surface area (Å²) in [6, 6.07) is 4.98. The fraction of sp³-hybridized carbons (Fsp3) is 0.455. The standard InChI is InChI=1S/C11H17FN2/c1-9-6-10(12)8-11(7-9)13-4-5-14(2)3/h6-8,13H,4-5H2,1-3H3. The molecule has 0 amide bonds. The van der Waals surface area contributed by atoms with Gasteiger partial charge in [0.15, 0.2) is 0 Å². The largest absolute Gasteiger partial charge is 0.384 e. The van der Waals surface area contributed by atoms with Crippen LogP contribution in [-0.4, -0.2) is 32.1 Å². The summed E-state index contributed by atoms with van der Waals surface area (Å²) >= 11 is 0. The average Bonchev–Trinajstić information content (AvgIpc) is 2.01. The van der Waals surface area contributed by atoms with Crippen molar-refractivity contribution in [2.75, 3.05) is 32.5 Å². The van der Waals surface area contributed by atoms with Gasteiger partial charge < -0.3 is 10.2 Å². The Morgan fingerprint density at radius 3 is 2.57 bits per heavy atom. The van der Waals surface area contributed by atoms with Crippen molar-refractivity contribution in [3.05, 3.63) is 29.6 Å². The third-order valence-corrected chi connectivity index (χ3v) is 1.93. The van der Waals surface area contributed by atoms with E-state index in [2.05, 4.69) is 10.2 Å². The van der Waals surface area contributed by atoms with Gasteiger partial charge in [0.2, 0.25) is 0 Å². The van der Waals surface area contributed by atoms with Crippen molar-refractivity contribution < 1.29 is 4.39 Å². The molecule has 0 aliphatic carbocycles. The number of nitrogens with zero attached hydrogens (tertiary/aromatic N) is 1. The number of halogens is 1. The Morgan fingerprint density at radius 2 is 2.00 bits per heavy atom. The zero-order chi connectivity index (χ0) is 10.6. The van der Waals surface area contributed by atoms with Gasteiger partial charge in [-0.15, -0.1) is 0 Å². The molecule has 0 saturated carbocycles. The zero-order valence-corrected chi connectivity index (χ0v) is 8.97. The molecular formula is C11H17FN2. The lowest BCUT2D eigenvalue weighted by Gasteiger charge is -2.11. The number of nitrogens with one attached hydrogen (secondary N) is 1. The van der Waals surface area contributed by atoms with Crippen LogP contribution in [-0.2, 0) is 0 Å². The highest BCUT2D eigenvalue weighted by atomic mass is 19.1. The lowest BCUT2D eigenvalue weighted by molar-refractivity contribution is 0.425. The molecular weight excluding hydrogens is 179 g/mol. The molecule has 2 nitrogen and oxygen atoms in total. The van der Waals surface area contributed by atoms with Gasteiger partial charge >= 0.3 is 0 Å². The first-order valence-electron chi connectivity index (χ1n) is 4.74. The summed E-state index contributed by atoms with van der Waals surface area (Å²) in [5.41, 5.74) is 1.79. The first-order chi connectivity index (χ1) is 6.58. The summed E-state index contributed by atoms with van der Waals surface area (Å²) < 4.78 is 13.0. The molecule has 0 aliphatic heterocycles. The van der Waals surface area contributed by atoms with E-state index in [-0.39, 0.29) is 5.82 Å². The second kappa shape index (κ2) is 4.96. The number of anilines is 1. The van der Waals surface area contributed by atoms with Crippen LogP contribution in [0.1, 0.15) is 5.56 Å². The van der Waals surface area contributed by atoms with E-state index in [1.54, 1.807) is 0 Å². The minimum atomic E-state index is -0.183. The topological polar surface area (TPSA) is 15.3 Å². The van der Waals surface area contributed by atoms with Crippen LogP contribution in [0.3, 0.4) is 0 Å². The summed E-state index contributed by atoms with van der Waals surface area (Å²) in [4.78, 5) is 2.08. The monoisotopic (exact) mass is 196 g/mol. The number of hydrogen-bond donors (Lipinski definition) is 1. The number of benzene rings is 1. The zero-order valence-electron chi connectivity index (χ0n) is 8.97. The van der Waals surface area contributed by atoms with E-state index >= 15 is 0 Å². The fourth-order valence-corrected chi connectivity index (χ4v) is 1.26. The average molecular weight is 196 g/mol. The van der Waals surface area contributed by atoms with Gasteiger partial charge in [-0.1, -0.05) is 0 Å². The van der Waals surface area contributed by atoms with Crippen molar-refractivity contribution in [2.24, 2.45) is 0 Å². The molecule has 0 aromatic heterocycles. The highest BCUT2D eigenvalue weighted by Gasteiger charge is 1.97. The molecule has 0 bridgehead atoms. The summed E-state index contributed by atoms with van der Waals surface area (Å²) in [5.74, 6) is -0.183. The second-order valence-electron chi connectivity index (χ2n) is 3.75. The van der Waals surface area contributed by atoms with Gasteiger partial charge in [0, 0.05) is 18.8 Å². The number of likely N-dealkylation sites (N-methyl/N-ethyl adjacent to an activating group) is 1. The first kappa shape index (κ1) is 11.0. The summed E-state index contributed by atoms with van der Waals surface area (Å²) in [6.07, 6.45) is 0. The Hall–Kier alpha value is -1.09. The first-order valence-corrected chi connectivity index (χ1v) is 4.74. The molecule has 0 spiro atoms. The van der Waals surface area contributed by atoms with E-state index in [4.69, 9.17) is 0 Å². The predicted molar refractivity (Wildman–Crippen MR) is 58.2 cm³/mol. The van der Waals surface area contributed by atoms with Crippen LogP contribution in [0.2, 0.25) is 0 Å². The minimum absolute atomic E-state index is 0.183. The molecule has 14 heavy (non-hydrogen) atoms. The molecule has 1 rings (SSSR count). The Labute approximate surface area is 84.7 Å². The molecule has 0 saturated heterocycles. The van der Waals surface area contributed by atoms with Gasteiger partial charge in [0.1, 0.15) is 5.82 Å². The molecule has 3 heteroatoms. The fourth-order valence-electron chi connectivity index (χ4n) is 1.26. The van der Waals surface area contributed by atoms with Crippen molar-refractivity contribution in [3.8, 4) is 0 Å². The predicted octanol–water partition coefficient (Wildman–Crippen LogP) is 2.11. The van der Waals surface area contributed by atoms with Gasteiger partial charge in [-0.05, 0) is 44.8 Å². The van der Waals surface area contributed by atoms with E-state index in [0.29, 0.717) is 0 Å². The van der Waals surface area contributed by atoms with Gasteiger partial charge in [-0.25, -0.2) is 4.39 Å². The van der Waals surface area contributed by atoms with Gasteiger partial charge in [-0.2, -0.15) is 0 Å². The van der Waals surface area contributed by atoms with Crippen LogP contribution in [0.5, 0.6) is 0 Å². The molecule has 0 aliphatic rings. The maximum atomic E-state index is 13.0. The third-order valence-electron chi connectivity index (χ3n) is 1.93. The van der Waals surface area contributed by atoms with Crippen molar-refractivity contribution in [1.29, 1.82) is 0 Å². The van der Waals surface area contributed by atoms with E-state index in [1.165, 1.54) is 12.1 Å². The maximum Gasteiger partial charge on any atom is 0.125 e. The number of aryl methyl sites for hydroxylation is 1. The Balaban J connectivity index is 2.50. The molecule has 78 valence electrons. The third kappa shape index (κ3) is 3.75. The van der Waals surface area contributed by atoms with Crippen LogP contribution in [0.15, 0.2) is 18.2 Å². The van der Waals surface area contributed by atoms with Gasteiger partial charge in [0.05, 0.1) is 0 Å². The smallest absolute Gasteiger partial charge is 0.125 e. The van der Waals surface area contributed by atoms with Crippen LogP contribution in [0, 0.1) is 12.7 Å².